The highest BCUT2D eigenvalue weighted by atomic mass is 16.6. The Morgan fingerprint density at radius 1 is 1.47 bits per heavy atom. The van der Waals surface area contributed by atoms with Crippen molar-refractivity contribution in [3.63, 3.8) is 0 Å². The fourth-order valence-corrected chi connectivity index (χ4v) is 2.19. The van der Waals surface area contributed by atoms with Gasteiger partial charge in [0.05, 0.1) is 0 Å². The van der Waals surface area contributed by atoms with Crippen molar-refractivity contribution in [3.8, 4) is 0 Å². The van der Waals surface area contributed by atoms with E-state index in [0.717, 1.165) is 12.8 Å². The number of carboxylic acids is 1. The lowest BCUT2D eigenvalue weighted by Gasteiger charge is -2.22. The highest BCUT2D eigenvalue weighted by Crippen LogP contribution is 2.77. The van der Waals surface area contributed by atoms with Gasteiger partial charge in [-0.2, -0.15) is 0 Å². The van der Waals surface area contributed by atoms with Gasteiger partial charge in [0.15, 0.2) is 0 Å². The summed E-state index contributed by atoms with van der Waals surface area (Å²) in [7, 11) is 0. The number of ether oxygens (including phenoxy) is 1. The average Bonchev–Trinajstić information content (AvgIpc) is 2.87. The Kier molecular flexibility index (Phi) is 2.60. The second kappa shape index (κ2) is 3.62. The van der Waals surface area contributed by atoms with Crippen LogP contribution in [0.5, 0.6) is 0 Å². The Balaban J connectivity index is 1.84. The number of hydrogen-bond donors (Lipinski definition) is 2. The number of aliphatic carboxylic acids is 1. The molecule has 2 saturated carbocycles. The van der Waals surface area contributed by atoms with Crippen LogP contribution in [-0.2, 0) is 9.53 Å². The van der Waals surface area contributed by atoms with E-state index < -0.39 is 23.7 Å². The summed E-state index contributed by atoms with van der Waals surface area (Å²) < 4.78 is 5.05. The predicted molar refractivity (Wildman–Crippen MR) is 60.6 cm³/mol. The van der Waals surface area contributed by atoms with E-state index in [0.29, 0.717) is 12.3 Å². The minimum absolute atomic E-state index is 0.234. The van der Waals surface area contributed by atoms with Crippen molar-refractivity contribution in [1.29, 1.82) is 0 Å². The van der Waals surface area contributed by atoms with E-state index in [1.54, 1.807) is 20.8 Å². The average molecular weight is 241 g/mol. The number of carbonyl (C=O) groups is 2. The van der Waals surface area contributed by atoms with Crippen molar-refractivity contribution in [2.24, 2.45) is 11.3 Å². The van der Waals surface area contributed by atoms with Crippen LogP contribution in [0.25, 0.3) is 0 Å². The molecule has 0 unspecified atom stereocenters. The quantitative estimate of drug-likeness (QED) is 0.786. The molecule has 2 fully saturated rings. The zero-order valence-corrected chi connectivity index (χ0v) is 10.4. The van der Waals surface area contributed by atoms with Crippen LogP contribution in [0.1, 0.15) is 40.0 Å². The minimum atomic E-state index is -0.984. The van der Waals surface area contributed by atoms with E-state index in [4.69, 9.17) is 9.84 Å². The summed E-state index contributed by atoms with van der Waals surface area (Å²) in [4.78, 5) is 22.6. The Bertz CT molecular complexity index is 352. The molecule has 2 rings (SSSR count). The van der Waals surface area contributed by atoms with Crippen LogP contribution in [0.4, 0.5) is 4.79 Å². The number of carboxylic acid groups (broad SMARTS) is 1. The summed E-state index contributed by atoms with van der Waals surface area (Å²) in [6, 6.07) is -0.822. The summed E-state index contributed by atoms with van der Waals surface area (Å²) in [5.74, 6) is -0.271. The first-order valence-corrected chi connectivity index (χ1v) is 5.94. The SMILES string of the molecule is CC(C)(C)OC(=O)N[C@@H](CC12CC1C2)C(=O)O. The van der Waals surface area contributed by atoms with Gasteiger partial charge in [-0.15, -0.1) is 0 Å². The molecule has 0 aliphatic heterocycles. The minimum Gasteiger partial charge on any atom is -0.480 e. The van der Waals surface area contributed by atoms with Crippen LogP contribution < -0.4 is 5.32 Å². The molecule has 5 nitrogen and oxygen atoms in total. The Labute approximate surface area is 101 Å². The van der Waals surface area contributed by atoms with Crippen molar-refractivity contribution in [1.82, 2.24) is 5.32 Å². The van der Waals surface area contributed by atoms with Crippen LogP contribution >= 0.6 is 0 Å². The molecule has 2 aliphatic rings. The molecule has 0 aromatic carbocycles. The fourth-order valence-electron chi connectivity index (χ4n) is 2.19. The maximum absolute atomic E-state index is 11.5. The molecular formula is C12H19NO4. The number of amides is 1. The highest BCUT2D eigenvalue weighted by molar-refractivity contribution is 5.80. The number of alkyl carbamates (subject to hydrolysis) is 1. The number of nitrogens with one attached hydrogen (secondary N) is 1. The van der Waals surface area contributed by atoms with Crippen molar-refractivity contribution >= 4 is 12.1 Å². The Hall–Kier alpha value is -1.26. The highest BCUT2D eigenvalue weighted by Gasteiger charge is 2.69. The standard InChI is InChI=1S/C12H19NO4/c1-11(2,3)17-10(16)13-8(9(14)15)6-12-4-7(12)5-12/h7-8H,4-6H2,1-3H3,(H,13,16)(H,14,15)/t7?,8-,12?/m0/s1. The first kappa shape index (κ1) is 12.2. The van der Waals surface area contributed by atoms with Crippen LogP contribution in [-0.4, -0.2) is 28.8 Å². The molecule has 0 bridgehead atoms. The molecule has 96 valence electrons. The molecule has 0 radical (unpaired) electrons. The molecule has 0 saturated heterocycles. The smallest absolute Gasteiger partial charge is 0.408 e. The van der Waals surface area contributed by atoms with Gasteiger partial charge in [0, 0.05) is 0 Å². The molecule has 1 amide bonds. The first-order valence-electron chi connectivity index (χ1n) is 5.94. The van der Waals surface area contributed by atoms with Crippen molar-refractivity contribution in [2.75, 3.05) is 0 Å². The second-order valence-electron chi connectivity index (χ2n) is 6.21. The van der Waals surface area contributed by atoms with Gasteiger partial charge < -0.3 is 15.2 Å². The van der Waals surface area contributed by atoms with Crippen molar-refractivity contribution in [3.05, 3.63) is 0 Å². The monoisotopic (exact) mass is 241 g/mol. The largest absolute Gasteiger partial charge is 0.480 e. The zero-order chi connectivity index (χ0) is 12.8. The third-order valence-electron chi connectivity index (χ3n) is 3.45. The molecule has 17 heavy (non-hydrogen) atoms. The summed E-state index contributed by atoms with van der Waals surface area (Å²) in [5, 5.41) is 11.5. The topological polar surface area (TPSA) is 75.6 Å². The molecule has 2 aliphatic carbocycles. The lowest BCUT2D eigenvalue weighted by atomic mass is 10.0. The molecule has 0 aromatic heterocycles. The lowest BCUT2D eigenvalue weighted by Crippen LogP contribution is -2.44. The van der Waals surface area contributed by atoms with Gasteiger partial charge in [0.2, 0.25) is 0 Å². The van der Waals surface area contributed by atoms with Crippen molar-refractivity contribution in [2.45, 2.75) is 51.7 Å². The van der Waals surface area contributed by atoms with Crippen LogP contribution in [0, 0.1) is 11.3 Å². The molecule has 5 heteroatoms. The van der Waals surface area contributed by atoms with E-state index in [-0.39, 0.29) is 5.41 Å². The van der Waals surface area contributed by atoms with Gasteiger partial charge >= 0.3 is 12.1 Å². The van der Waals surface area contributed by atoms with E-state index in [2.05, 4.69) is 5.32 Å². The van der Waals surface area contributed by atoms with Gasteiger partial charge in [-0.25, -0.2) is 9.59 Å². The number of rotatable bonds is 4. The normalized spacial score (nSPS) is 31.1. The van der Waals surface area contributed by atoms with E-state index in [9.17, 15) is 9.59 Å². The van der Waals surface area contributed by atoms with Crippen LogP contribution in [0.3, 0.4) is 0 Å². The summed E-state index contributed by atoms with van der Waals surface area (Å²) in [5.41, 5.74) is -0.370. The van der Waals surface area contributed by atoms with Gasteiger partial charge in [0.1, 0.15) is 11.6 Å². The number of hydrogen-bond acceptors (Lipinski definition) is 3. The number of fused-ring (bicyclic) bond motifs is 1. The maximum Gasteiger partial charge on any atom is 0.408 e. The predicted octanol–water partition coefficient (Wildman–Crippen LogP) is 1.76. The number of carbonyl (C=O) groups excluding carboxylic acids is 1. The Morgan fingerprint density at radius 3 is 2.35 bits per heavy atom. The third-order valence-corrected chi connectivity index (χ3v) is 3.45. The summed E-state index contributed by atoms with van der Waals surface area (Å²) in [6.07, 6.45) is 2.12. The molecular weight excluding hydrogens is 222 g/mol. The first-order chi connectivity index (χ1) is 7.72. The third kappa shape index (κ3) is 2.90. The summed E-state index contributed by atoms with van der Waals surface area (Å²) >= 11 is 0. The molecule has 0 heterocycles. The van der Waals surface area contributed by atoms with Crippen LogP contribution in [0.15, 0.2) is 0 Å². The summed E-state index contributed by atoms with van der Waals surface area (Å²) in [6.45, 7) is 5.25. The maximum atomic E-state index is 11.5. The molecule has 0 aromatic rings. The van der Waals surface area contributed by atoms with E-state index >= 15 is 0 Å². The lowest BCUT2D eigenvalue weighted by molar-refractivity contribution is -0.139. The molecule has 1 atom stereocenters. The van der Waals surface area contributed by atoms with E-state index in [1.165, 1.54) is 0 Å². The van der Waals surface area contributed by atoms with E-state index in [1.807, 2.05) is 0 Å². The molecule has 0 spiro atoms. The van der Waals surface area contributed by atoms with Gasteiger partial charge in [-0.3, -0.25) is 0 Å². The Morgan fingerprint density at radius 2 is 2.00 bits per heavy atom. The second-order valence-corrected chi connectivity index (χ2v) is 6.21. The van der Waals surface area contributed by atoms with Gasteiger partial charge in [0.25, 0.3) is 0 Å². The van der Waals surface area contributed by atoms with Crippen LogP contribution in [0.2, 0.25) is 0 Å². The molecule has 2 N–H and O–H groups in total. The fraction of sp³-hybridized carbons (Fsp3) is 0.833. The van der Waals surface area contributed by atoms with Crippen molar-refractivity contribution < 1.29 is 19.4 Å². The zero-order valence-electron chi connectivity index (χ0n) is 10.4. The van der Waals surface area contributed by atoms with Gasteiger partial charge in [-0.1, -0.05) is 0 Å². The van der Waals surface area contributed by atoms with Gasteiger partial charge in [-0.05, 0) is 51.4 Å².